The van der Waals surface area contributed by atoms with Gasteiger partial charge in [0.15, 0.2) is 0 Å². The number of hydrogen-bond donors (Lipinski definition) is 1. The molecule has 0 aromatic heterocycles. The van der Waals surface area contributed by atoms with Crippen molar-refractivity contribution in [2.45, 2.75) is 13.0 Å². The summed E-state index contributed by atoms with van der Waals surface area (Å²) in [6, 6.07) is 3.78. The van der Waals surface area contributed by atoms with Crippen LogP contribution >= 0.6 is 11.6 Å². The molecule has 0 bridgehead atoms. The van der Waals surface area contributed by atoms with Crippen molar-refractivity contribution in [3.05, 3.63) is 28.3 Å². The smallest absolute Gasteiger partial charge is 0.148 e. The van der Waals surface area contributed by atoms with Crippen LogP contribution in [0.2, 0.25) is 5.02 Å². The minimum absolute atomic E-state index is 0.136. The van der Waals surface area contributed by atoms with Crippen molar-refractivity contribution in [1.82, 2.24) is 5.32 Å². The molecule has 2 rings (SSSR count). The summed E-state index contributed by atoms with van der Waals surface area (Å²) in [5, 5.41) is 3.79. The molecule has 1 aliphatic heterocycles. The van der Waals surface area contributed by atoms with E-state index in [9.17, 15) is 8.42 Å². The van der Waals surface area contributed by atoms with Crippen LogP contribution in [0.3, 0.4) is 0 Å². The molecule has 0 amide bonds. The van der Waals surface area contributed by atoms with Crippen LogP contribution in [0.25, 0.3) is 0 Å². The molecule has 4 nitrogen and oxygen atoms in total. The lowest BCUT2D eigenvalue weighted by Gasteiger charge is -2.10. The lowest BCUT2D eigenvalue weighted by molar-refractivity contribution is 0.352. The second kappa shape index (κ2) is 5.47. The second-order valence-electron chi connectivity index (χ2n) is 4.46. The van der Waals surface area contributed by atoms with Crippen molar-refractivity contribution in [3.8, 4) is 5.75 Å². The predicted octanol–water partition coefficient (Wildman–Crippen LogP) is 1.41. The van der Waals surface area contributed by atoms with Crippen LogP contribution in [0.1, 0.15) is 11.1 Å². The van der Waals surface area contributed by atoms with E-state index in [1.54, 1.807) is 0 Å². The Hall–Kier alpha value is -0.780. The molecule has 0 saturated heterocycles. The van der Waals surface area contributed by atoms with Crippen molar-refractivity contribution in [2.24, 2.45) is 0 Å². The van der Waals surface area contributed by atoms with Crippen molar-refractivity contribution in [2.75, 3.05) is 25.2 Å². The van der Waals surface area contributed by atoms with Gasteiger partial charge in [-0.2, -0.15) is 0 Å². The molecule has 0 aliphatic carbocycles. The molecule has 1 aliphatic rings. The Labute approximate surface area is 112 Å². The van der Waals surface area contributed by atoms with Gasteiger partial charge in [-0.25, -0.2) is 8.42 Å². The third-order valence-corrected chi connectivity index (χ3v) is 3.95. The number of hydrogen-bond acceptors (Lipinski definition) is 4. The average Bonchev–Trinajstić information content (AvgIpc) is 2.70. The van der Waals surface area contributed by atoms with Crippen LogP contribution in [0.4, 0.5) is 0 Å². The number of ether oxygens (including phenoxy) is 1. The van der Waals surface area contributed by atoms with Gasteiger partial charge < -0.3 is 10.1 Å². The molecule has 0 radical (unpaired) electrons. The Morgan fingerprint density at radius 3 is 2.94 bits per heavy atom. The highest BCUT2D eigenvalue weighted by Crippen LogP contribution is 2.32. The summed E-state index contributed by atoms with van der Waals surface area (Å²) in [7, 11) is -2.92. The lowest BCUT2D eigenvalue weighted by atomic mass is 10.1. The Morgan fingerprint density at radius 1 is 1.44 bits per heavy atom. The molecule has 18 heavy (non-hydrogen) atoms. The summed E-state index contributed by atoms with van der Waals surface area (Å²) in [6.07, 6.45) is 2.11. The van der Waals surface area contributed by atoms with Gasteiger partial charge in [0, 0.05) is 36.4 Å². The van der Waals surface area contributed by atoms with Crippen molar-refractivity contribution in [1.29, 1.82) is 0 Å². The molecule has 1 N–H and O–H groups in total. The van der Waals surface area contributed by atoms with Crippen LogP contribution in [0.15, 0.2) is 12.1 Å². The van der Waals surface area contributed by atoms with Gasteiger partial charge in [-0.3, -0.25) is 0 Å². The van der Waals surface area contributed by atoms with Crippen LogP contribution in [-0.2, 0) is 22.8 Å². The molecule has 0 saturated carbocycles. The van der Waals surface area contributed by atoms with E-state index in [1.807, 2.05) is 12.1 Å². The fourth-order valence-corrected chi connectivity index (χ4v) is 2.74. The first-order chi connectivity index (χ1) is 8.46. The Kier molecular flexibility index (Phi) is 4.14. The number of benzene rings is 1. The summed E-state index contributed by atoms with van der Waals surface area (Å²) in [5.74, 6) is 1.03. The SMILES string of the molecule is CS(=O)(=O)CCNCc1cc(Cl)cc2c1OCC2. The molecule has 100 valence electrons. The first kappa shape index (κ1) is 13.6. The fourth-order valence-electron chi connectivity index (χ4n) is 1.96. The molecule has 6 heteroatoms. The maximum absolute atomic E-state index is 11.0. The zero-order chi connectivity index (χ0) is 13.2. The monoisotopic (exact) mass is 289 g/mol. The Bertz CT molecular complexity index is 542. The summed E-state index contributed by atoms with van der Waals surface area (Å²) < 4.78 is 27.6. The molecule has 0 atom stereocenters. The minimum atomic E-state index is -2.92. The lowest BCUT2D eigenvalue weighted by Crippen LogP contribution is -2.22. The van der Waals surface area contributed by atoms with Gasteiger partial charge in [-0.1, -0.05) is 11.6 Å². The third-order valence-electron chi connectivity index (χ3n) is 2.79. The minimum Gasteiger partial charge on any atom is -0.493 e. The van der Waals surface area contributed by atoms with E-state index in [0.717, 1.165) is 23.3 Å². The van der Waals surface area contributed by atoms with Crippen molar-refractivity contribution >= 4 is 21.4 Å². The molecule has 1 aromatic rings. The van der Waals surface area contributed by atoms with E-state index in [0.29, 0.717) is 24.7 Å². The number of halogens is 1. The molecule has 0 fully saturated rings. The van der Waals surface area contributed by atoms with Crippen LogP contribution in [-0.4, -0.2) is 33.6 Å². The Morgan fingerprint density at radius 2 is 2.22 bits per heavy atom. The van der Waals surface area contributed by atoms with E-state index in [2.05, 4.69) is 5.32 Å². The molecule has 0 spiro atoms. The summed E-state index contributed by atoms with van der Waals surface area (Å²) in [6.45, 7) is 1.69. The first-order valence-electron chi connectivity index (χ1n) is 5.78. The average molecular weight is 290 g/mol. The highest BCUT2D eigenvalue weighted by molar-refractivity contribution is 7.90. The Balaban J connectivity index is 1.98. The summed E-state index contributed by atoms with van der Waals surface area (Å²) >= 11 is 6.03. The predicted molar refractivity (Wildman–Crippen MR) is 72.1 cm³/mol. The number of sulfone groups is 1. The van der Waals surface area contributed by atoms with Crippen LogP contribution < -0.4 is 10.1 Å². The third kappa shape index (κ3) is 3.60. The van der Waals surface area contributed by atoms with Gasteiger partial charge in [-0.15, -0.1) is 0 Å². The van der Waals surface area contributed by atoms with E-state index >= 15 is 0 Å². The molecular formula is C12H16ClNO3S. The van der Waals surface area contributed by atoms with Gasteiger partial charge in [0.1, 0.15) is 15.6 Å². The van der Waals surface area contributed by atoms with Gasteiger partial charge in [0.2, 0.25) is 0 Å². The molecule has 1 heterocycles. The van der Waals surface area contributed by atoms with Gasteiger partial charge in [-0.05, 0) is 17.7 Å². The second-order valence-corrected chi connectivity index (χ2v) is 7.15. The standard InChI is InChI=1S/C12H16ClNO3S/c1-18(15,16)5-3-14-8-10-7-11(13)6-9-2-4-17-12(9)10/h6-7,14H,2-5,8H2,1H3. The van der Waals surface area contributed by atoms with Crippen molar-refractivity contribution in [3.63, 3.8) is 0 Å². The number of nitrogens with one attached hydrogen (secondary N) is 1. The highest BCUT2D eigenvalue weighted by Gasteiger charge is 2.17. The fraction of sp³-hybridized carbons (Fsp3) is 0.500. The first-order valence-corrected chi connectivity index (χ1v) is 8.22. The van der Waals surface area contributed by atoms with Gasteiger partial charge >= 0.3 is 0 Å². The van der Waals surface area contributed by atoms with Crippen molar-refractivity contribution < 1.29 is 13.2 Å². The number of fused-ring (bicyclic) bond motifs is 1. The maximum Gasteiger partial charge on any atom is 0.148 e. The number of rotatable bonds is 5. The van der Waals surface area contributed by atoms with E-state index < -0.39 is 9.84 Å². The van der Waals surface area contributed by atoms with E-state index in [4.69, 9.17) is 16.3 Å². The van der Waals surface area contributed by atoms with Crippen LogP contribution in [0.5, 0.6) is 5.75 Å². The van der Waals surface area contributed by atoms with Gasteiger partial charge in [0.25, 0.3) is 0 Å². The summed E-state index contributed by atoms with van der Waals surface area (Å²) in [5.41, 5.74) is 2.12. The zero-order valence-corrected chi connectivity index (χ0v) is 11.8. The van der Waals surface area contributed by atoms with E-state index in [1.165, 1.54) is 6.26 Å². The zero-order valence-electron chi connectivity index (χ0n) is 10.2. The molecular weight excluding hydrogens is 274 g/mol. The topological polar surface area (TPSA) is 55.4 Å². The maximum atomic E-state index is 11.0. The largest absolute Gasteiger partial charge is 0.493 e. The quantitative estimate of drug-likeness (QED) is 0.833. The highest BCUT2D eigenvalue weighted by atomic mass is 35.5. The molecule has 0 unspecified atom stereocenters. The molecule has 1 aromatic carbocycles. The van der Waals surface area contributed by atoms with Gasteiger partial charge in [0.05, 0.1) is 12.4 Å². The summed E-state index contributed by atoms with van der Waals surface area (Å²) in [4.78, 5) is 0. The normalized spacial score (nSPS) is 14.3. The van der Waals surface area contributed by atoms with Crippen LogP contribution in [0, 0.1) is 0 Å². The van der Waals surface area contributed by atoms with E-state index in [-0.39, 0.29) is 5.75 Å².